The van der Waals surface area contributed by atoms with Crippen molar-refractivity contribution in [3.05, 3.63) is 34.3 Å². The molecular weight excluding hydrogens is 226 g/mol. The molecule has 0 spiro atoms. The quantitative estimate of drug-likeness (QED) is 0.627. The van der Waals surface area contributed by atoms with Crippen LogP contribution in [0, 0.1) is 0 Å². The molecule has 2 aromatic rings. The largest absolute Gasteiger partial charge is 0.481 e. The second kappa shape index (κ2) is 3.89. The van der Waals surface area contributed by atoms with Gasteiger partial charge in [0.15, 0.2) is 11.4 Å². The summed E-state index contributed by atoms with van der Waals surface area (Å²) in [4.78, 5) is 33.1. The smallest absolute Gasteiger partial charge is 0.419 e. The van der Waals surface area contributed by atoms with Gasteiger partial charge in [0.1, 0.15) is 6.42 Å². The summed E-state index contributed by atoms with van der Waals surface area (Å²) in [6.45, 7) is 0. The Kier molecular flexibility index (Phi) is 2.55. The number of oxazole rings is 1. The van der Waals surface area contributed by atoms with Crippen LogP contribution in [-0.4, -0.2) is 21.4 Å². The van der Waals surface area contributed by atoms with E-state index in [1.54, 1.807) is 13.1 Å². The van der Waals surface area contributed by atoms with Crippen molar-refractivity contribution in [2.45, 2.75) is 6.42 Å². The van der Waals surface area contributed by atoms with E-state index in [9.17, 15) is 14.4 Å². The van der Waals surface area contributed by atoms with Crippen LogP contribution >= 0.6 is 0 Å². The van der Waals surface area contributed by atoms with Crippen LogP contribution in [0.15, 0.2) is 27.4 Å². The lowest BCUT2D eigenvalue weighted by molar-refractivity contribution is -0.135. The minimum Gasteiger partial charge on any atom is -0.481 e. The molecule has 0 aliphatic carbocycles. The Balaban J connectivity index is 2.48. The third kappa shape index (κ3) is 1.96. The summed E-state index contributed by atoms with van der Waals surface area (Å²) < 4.78 is 6.21. The van der Waals surface area contributed by atoms with E-state index in [2.05, 4.69) is 0 Å². The van der Waals surface area contributed by atoms with Crippen LogP contribution in [0.3, 0.4) is 0 Å². The van der Waals surface area contributed by atoms with Crippen LogP contribution in [0.4, 0.5) is 0 Å². The predicted molar refractivity (Wildman–Crippen MR) is 58.0 cm³/mol. The van der Waals surface area contributed by atoms with Gasteiger partial charge >= 0.3 is 11.7 Å². The molecule has 1 aromatic carbocycles. The van der Waals surface area contributed by atoms with E-state index < -0.39 is 23.9 Å². The van der Waals surface area contributed by atoms with Crippen LogP contribution in [-0.2, 0) is 11.8 Å². The summed E-state index contributed by atoms with van der Waals surface area (Å²) in [5, 5.41) is 8.51. The molecule has 0 amide bonds. The molecular formula is C11H9NO5. The predicted octanol–water partition coefficient (Wildman–Crippen LogP) is 0.789. The van der Waals surface area contributed by atoms with Crippen LogP contribution < -0.4 is 5.76 Å². The Morgan fingerprint density at radius 3 is 2.76 bits per heavy atom. The molecule has 0 atom stereocenters. The van der Waals surface area contributed by atoms with Gasteiger partial charge in [0.05, 0.1) is 5.52 Å². The molecule has 0 fully saturated rings. The molecule has 0 radical (unpaired) electrons. The molecule has 6 heteroatoms. The lowest BCUT2D eigenvalue weighted by Crippen LogP contribution is -2.08. The van der Waals surface area contributed by atoms with Crippen LogP contribution in [0.5, 0.6) is 0 Å². The number of aliphatic carboxylic acids is 1. The van der Waals surface area contributed by atoms with Gasteiger partial charge in [-0.05, 0) is 18.2 Å². The van der Waals surface area contributed by atoms with Crippen molar-refractivity contribution in [1.82, 2.24) is 4.57 Å². The molecule has 1 heterocycles. The third-order valence-corrected chi connectivity index (χ3v) is 2.43. The number of nitrogens with zero attached hydrogens (tertiary/aromatic N) is 1. The van der Waals surface area contributed by atoms with Gasteiger partial charge in [0.2, 0.25) is 0 Å². The number of aryl methyl sites for hydroxylation is 1. The minimum absolute atomic E-state index is 0.217. The van der Waals surface area contributed by atoms with Gasteiger partial charge in [0, 0.05) is 12.6 Å². The highest BCUT2D eigenvalue weighted by molar-refractivity contribution is 6.06. The van der Waals surface area contributed by atoms with Gasteiger partial charge in [-0.25, -0.2) is 4.79 Å². The van der Waals surface area contributed by atoms with E-state index >= 15 is 0 Å². The van der Waals surface area contributed by atoms with Crippen LogP contribution in [0.2, 0.25) is 0 Å². The van der Waals surface area contributed by atoms with Gasteiger partial charge in [-0.15, -0.1) is 0 Å². The molecule has 0 saturated carbocycles. The second-order valence-electron chi connectivity index (χ2n) is 3.60. The van der Waals surface area contributed by atoms with Crippen molar-refractivity contribution in [2.24, 2.45) is 7.05 Å². The highest BCUT2D eigenvalue weighted by atomic mass is 16.4. The molecule has 0 saturated heterocycles. The fraction of sp³-hybridized carbons (Fsp3) is 0.182. The number of hydrogen-bond acceptors (Lipinski definition) is 4. The number of hydrogen-bond donors (Lipinski definition) is 1. The Morgan fingerprint density at radius 2 is 2.12 bits per heavy atom. The highest BCUT2D eigenvalue weighted by Crippen LogP contribution is 2.15. The van der Waals surface area contributed by atoms with E-state index in [4.69, 9.17) is 9.52 Å². The summed E-state index contributed by atoms with van der Waals surface area (Å²) >= 11 is 0. The first kappa shape index (κ1) is 11.1. The summed E-state index contributed by atoms with van der Waals surface area (Å²) in [5.74, 6) is -2.24. The molecule has 2 rings (SSSR count). The molecule has 0 aliphatic heterocycles. The molecule has 88 valence electrons. The number of carboxylic acids is 1. The van der Waals surface area contributed by atoms with Crippen molar-refractivity contribution in [1.29, 1.82) is 0 Å². The monoisotopic (exact) mass is 235 g/mol. The van der Waals surface area contributed by atoms with Gasteiger partial charge in [-0.3, -0.25) is 14.2 Å². The van der Waals surface area contributed by atoms with E-state index in [0.717, 1.165) is 0 Å². The van der Waals surface area contributed by atoms with Gasteiger partial charge < -0.3 is 9.52 Å². The maximum Gasteiger partial charge on any atom is 0.419 e. The summed E-state index contributed by atoms with van der Waals surface area (Å²) in [5.41, 5.74) is 1.05. The highest BCUT2D eigenvalue weighted by Gasteiger charge is 2.13. The SMILES string of the molecule is Cn1c(=O)oc2cc(C(=O)CC(=O)O)ccc21. The van der Waals surface area contributed by atoms with Crippen molar-refractivity contribution >= 4 is 22.9 Å². The zero-order valence-corrected chi connectivity index (χ0v) is 8.97. The van der Waals surface area contributed by atoms with Crippen molar-refractivity contribution in [2.75, 3.05) is 0 Å². The zero-order chi connectivity index (χ0) is 12.6. The fourth-order valence-electron chi connectivity index (χ4n) is 1.55. The van der Waals surface area contributed by atoms with Gasteiger partial charge in [-0.2, -0.15) is 0 Å². The standard InChI is InChI=1S/C11H9NO5/c1-12-7-3-2-6(8(13)5-10(14)15)4-9(7)17-11(12)16/h2-4H,5H2,1H3,(H,14,15). The number of aromatic nitrogens is 1. The molecule has 1 aromatic heterocycles. The van der Waals surface area contributed by atoms with Crippen LogP contribution in [0.1, 0.15) is 16.8 Å². The number of carbonyl (C=O) groups excluding carboxylic acids is 1. The Hall–Kier alpha value is -2.37. The summed E-state index contributed by atoms with van der Waals surface area (Å²) in [6, 6.07) is 4.40. The number of fused-ring (bicyclic) bond motifs is 1. The van der Waals surface area contributed by atoms with E-state index in [-0.39, 0.29) is 11.1 Å². The number of Topliss-reactive ketones (excluding diaryl/α,β-unsaturated/α-hetero) is 1. The zero-order valence-electron chi connectivity index (χ0n) is 8.97. The molecule has 17 heavy (non-hydrogen) atoms. The van der Waals surface area contributed by atoms with Crippen molar-refractivity contribution < 1.29 is 19.1 Å². The topological polar surface area (TPSA) is 89.5 Å². The minimum atomic E-state index is -1.19. The number of rotatable bonds is 3. The fourth-order valence-corrected chi connectivity index (χ4v) is 1.55. The molecule has 0 bridgehead atoms. The number of ketones is 1. The normalized spacial score (nSPS) is 10.6. The number of benzene rings is 1. The van der Waals surface area contributed by atoms with Crippen molar-refractivity contribution in [3.63, 3.8) is 0 Å². The lowest BCUT2D eigenvalue weighted by atomic mass is 10.1. The number of carboxylic acid groups (broad SMARTS) is 1. The first-order valence-electron chi connectivity index (χ1n) is 4.83. The first-order chi connectivity index (χ1) is 7.99. The Morgan fingerprint density at radius 1 is 1.41 bits per heavy atom. The third-order valence-electron chi connectivity index (χ3n) is 2.43. The average Bonchev–Trinajstić information content (AvgIpc) is 2.53. The second-order valence-corrected chi connectivity index (χ2v) is 3.60. The maximum absolute atomic E-state index is 11.5. The van der Waals surface area contributed by atoms with E-state index in [1.165, 1.54) is 16.7 Å². The summed E-state index contributed by atoms with van der Waals surface area (Å²) in [6.07, 6.45) is -0.581. The molecule has 6 nitrogen and oxygen atoms in total. The number of carbonyl (C=O) groups is 2. The first-order valence-corrected chi connectivity index (χ1v) is 4.83. The lowest BCUT2D eigenvalue weighted by Gasteiger charge is -1.97. The Labute approximate surface area is 95.1 Å². The Bertz CT molecular complexity index is 664. The van der Waals surface area contributed by atoms with Gasteiger partial charge in [-0.1, -0.05) is 0 Å². The van der Waals surface area contributed by atoms with Crippen LogP contribution in [0.25, 0.3) is 11.1 Å². The van der Waals surface area contributed by atoms with E-state index in [1.807, 2.05) is 0 Å². The molecule has 1 N–H and O–H groups in total. The maximum atomic E-state index is 11.5. The molecule has 0 aliphatic rings. The average molecular weight is 235 g/mol. The molecule has 0 unspecified atom stereocenters. The summed E-state index contributed by atoms with van der Waals surface area (Å²) in [7, 11) is 1.55. The van der Waals surface area contributed by atoms with Crippen molar-refractivity contribution in [3.8, 4) is 0 Å². The van der Waals surface area contributed by atoms with E-state index in [0.29, 0.717) is 5.52 Å². The van der Waals surface area contributed by atoms with Gasteiger partial charge in [0.25, 0.3) is 0 Å².